The zero-order valence-corrected chi connectivity index (χ0v) is 11.3. The molecule has 0 heterocycles. The standard InChI is InChI=1S/C16H17Cl/c1-11-8-9-14(10-13(11)3)16(17)15-7-5-4-6-12(15)2/h4-10,16H,1-3H3. The van der Waals surface area contributed by atoms with Crippen LogP contribution >= 0.6 is 11.6 Å². The van der Waals surface area contributed by atoms with Crippen LogP contribution in [0.2, 0.25) is 0 Å². The minimum atomic E-state index is -0.0597. The predicted octanol–water partition coefficient (Wildman–Crippen LogP) is 4.94. The maximum absolute atomic E-state index is 6.56. The van der Waals surface area contributed by atoms with Gasteiger partial charge in [0.2, 0.25) is 0 Å². The molecule has 0 aliphatic carbocycles. The van der Waals surface area contributed by atoms with Gasteiger partial charge in [-0.1, -0.05) is 42.5 Å². The van der Waals surface area contributed by atoms with E-state index in [2.05, 4.69) is 51.1 Å². The monoisotopic (exact) mass is 244 g/mol. The lowest BCUT2D eigenvalue weighted by Crippen LogP contribution is -1.97. The molecule has 0 aliphatic rings. The third-order valence-corrected chi connectivity index (χ3v) is 3.77. The van der Waals surface area contributed by atoms with Crippen LogP contribution in [0, 0.1) is 20.8 Å². The van der Waals surface area contributed by atoms with E-state index in [0.29, 0.717) is 0 Å². The van der Waals surface area contributed by atoms with E-state index in [1.807, 2.05) is 12.1 Å². The van der Waals surface area contributed by atoms with E-state index in [-0.39, 0.29) is 5.38 Å². The molecular weight excluding hydrogens is 228 g/mol. The van der Waals surface area contributed by atoms with Crippen LogP contribution in [0.25, 0.3) is 0 Å². The van der Waals surface area contributed by atoms with E-state index in [0.717, 1.165) is 0 Å². The Kier molecular flexibility index (Phi) is 3.54. The van der Waals surface area contributed by atoms with Gasteiger partial charge in [0.25, 0.3) is 0 Å². The lowest BCUT2D eigenvalue weighted by Gasteiger charge is -2.14. The fourth-order valence-corrected chi connectivity index (χ4v) is 2.35. The molecule has 0 nitrogen and oxygen atoms in total. The van der Waals surface area contributed by atoms with Gasteiger partial charge in [-0.05, 0) is 48.6 Å². The summed E-state index contributed by atoms with van der Waals surface area (Å²) in [5.74, 6) is 0. The van der Waals surface area contributed by atoms with E-state index >= 15 is 0 Å². The molecule has 0 N–H and O–H groups in total. The van der Waals surface area contributed by atoms with E-state index < -0.39 is 0 Å². The number of hydrogen-bond donors (Lipinski definition) is 0. The summed E-state index contributed by atoms with van der Waals surface area (Å²) in [6.45, 7) is 6.35. The Hall–Kier alpha value is -1.27. The first kappa shape index (κ1) is 12.2. The van der Waals surface area contributed by atoms with Gasteiger partial charge in [0.1, 0.15) is 0 Å². The van der Waals surface area contributed by atoms with Crippen molar-refractivity contribution in [3.8, 4) is 0 Å². The first-order valence-electron chi connectivity index (χ1n) is 5.86. The van der Waals surface area contributed by atoms with E-state index in [1.54, 1.807) is 0 Å². The van der Waals surface area contributed by atoms with Crippen molar-refractivity contribution in [1.82, 2.24) is 0 Å². The summed E-state index contributed by atoms with van der Waals surface area (Å²) in [7, 11) is 0. The highest BCUT2D eigenvalue weighted by atomic mass is 35.5. The molecule has 2 rings (SSSR count). The first-order valence-corrected chi connectivity index (χ1v) is 6.30. The van der Waals surface area contributed by atoms with Gasteiger partial charge in [0, 0.05) is 0 Å². The minimum Gasteiger partial charge on any atom is -0.113 e. The van der Waals surface area contributed by atoms with E-state index in [1.165, 1.54) is 27.8 Å². The molecule has 0 fully saturated rings. The lowest BCUT2D eigenvalue weighted by atomic mass is 9.97. The van der Waals surface area contributed by atoms with Crippen LogP contribution in [0.1, 0.15) is 33.2 Å². The van der Waals surface area contributed by atoms with Crippen molar-refractivity contribution < 1.29 is 0 Å². The average molecular weight is 245 g/mol. The Morgan fingerprint density at radius 2 is 1.53 bits per heavy atom. The maximum atomic E-state index is 6.56. The number of benzene rings is 2. The molecule has 0 saturated carbocycles. The summed E-state index contributed by atoms with van der Waals surface area (Å²) >= 11 is 6.56. The Bertz CT molecular complexity index is 529. The van der Waals surface area contributed by atoms with Gasteiger partial charge < -0.3 is 0 Å². The Morgan fingerprint density at radius 3 is 2.18 bits per heavy atom. The van der Waals surface area contributed by atoms with Gasteiger partial charge in [-0.2, -0.15) is 0 Å². The highest BCUT2D eigenvalue weighted by Crippen LogP contribution is 2.31. The van der Waals surface area contributed by atoms with Crippen LogP contribution in [0.5, 0.6) is 0 Å². The van der Waals surface area contributed by atoms with Gasteiger partial charge in [-0.25, -0.2) is 0 Å². The molecule has 0 bridgehead atoms. The molecule has 0 saturated heterocycles. The number of rotatable bonds is 2. The Morgan fingerprint density at radius 1 is 0.824 bits per heavy atom. The van der Waals surface area contributed by atoms with Gasteiger partial charge in [0.15, 0.2) is 0 Å². The maximum Gasteiger partial charge on any atom is 0.0838 e. The van der Waals surface area contributed by atoms with Crippen molar-refractivity contribution in [3.05, 3.63) is 70.3 Å². The molecule has 0 radical (unpaired) electrons. The van der Waals surface area contributed by atoms with Crippen LogP contribution in [0.3, 0.4) is 0 Å². The fraction of sp³-hybridized carbons (Fsp3) is 0.250. The molecule has 2 aromatic rings. The summed E-state index contributed by atoms with van der Waals surface area (Å²) in [5, 5.41) is -0.0597. The molecular formula is C16H17Cl. The number of hydrogen-bond acceptors (Lipinski definition) is 0. The summed E-state index contributed by atoms with van der Waals surface area (Å²) < 4.78 is 0. The second-order valence-electron chi connectivity index (χ2n) is 4.56. The molecule has 2 aromatic carbocycles. The fourth-order valence-electron chi connectivity index (χ4n) is 1.97. The summed E-state index contributed by atoms with van der Waals surface area (Å²) in [5.41, 5.74) is 6.20. The third kappa shape index (κ3) is 2.53. The normalized spacial score (nSPS) is 12.5. The second kappa shape index (κ2) is 4.93. The van der Waals surface area contributed by atoms with Crippen LogP contribution in [-0.4, -0.2) is 0 Å². The summed E-state index contributed by atoms with van der Waals surface area (Å²) in [6, 6.07) is 14.7. The molecule has 88 valence electrons. The van der Waals surface area contributed by atoms with Crippen LogP contribution in [0.4, 0.5) is 0 Å². The summed E-state index contributed by atoms with van der Waals surface area (Å²) in [4.78, 5) is 0. The van der Waals surface area contributed by atoms with Crippen molar-refractivity contribution in [2.45, 2.75) is 26.1 Å². The van der Waals surface area contributed by atoms with Gasteiger partial charge in [-0.3, -0.25) is 0 Å². The van der Waals surface area contributed by atoms with E-state index in [9.17, 15) is 0 Å². The SMILES string of the molecule is Cc1ccc(C(Cl)c2ccccc2C)cc1C. The number of aryl methyl sites for hydroxylation is 3. The Balaban J connectivity index is 2.40. The largest absolute Gasteiger partial charge is 0.113 e. The molecule has 1 heteroatoms. The zero-order chi connectivity index (χ0) is 12.4. The van der Waals surface area contributed by atoms with Crippen LogP contribution in [0.15, 0.2) is 42.5 Å². The molecule has 0 aromatic heterocycles. The number of alkyl halides is 1. The minimum absolute atomic E-state index is 0.0597. The van der Waals surface area contributed by atoms with Crippen molar-refractivity contribution in [3.63, 3.8) is 0 Å². The van der Waals surface area contributed by atoms with Gasteiger partial charge in [0.05, 0.1) is 5.38 Å². The van der Waals surface area contributed by atoms with Gasteiger partial charge >= 0.3 is 0 Å². The molecule has 1 atom stereocenters. The molecule has 0 aliphatic heterocycles. The third-order valence-electron chi connectivity index (χ3n) is 3.29. The van der Waals surface area contributed by atoms with E-state index in [4.69, 9.17) is 11.6 Å². The molecule has 17 heavy (non-hydrogen) atoms. The van der Waals surface area contributed by atoms with Crippen LogP contribution in [-0.2, 0) is 0 Å². The highest BCUT2D eigenvalue weighted by molar-refractivity contribution is 6.22. The quantitative estimate of drug-likeness (QED) is 0.657. The Labute approximate surface area is 108 Å². The molecule has 0 spiro atoms. The lowest BCUT2D eigenvalue weighted by molar-refractivity contribution is 1.10. The topological polar surface area (TPSA) is 0 Å². The number of halogens is 1. The molecule has 1 unspecified atom stereocenters. The van der Waals surface area contributed by atoms with Crippen molar-refractivity contribution in [1.29, 1.82) is 0 Å². The van der Waals surface area contributed by atoms with Crippen molar-refractivity contribution >= 4 is 11.6 Å². The second-order valence-corrected chi connectivity index (χ2v) is 5.00. The predicted molar refractivity (Wildman–Crippen MR) is 74.8 cm³/mol. The molecule has 0 amide bonds. The smallest absolute Gasteiger partial charge is 0.0838 e. The van der Waals surface area contributed by atoms with Crippen LogP contribution < -0.4 is 0 Å². The van der Waals surface area contributed by atoms with Crippen molar-refractivity contribution in [2.24, 2.45) is 0 Å². The highest BCUT2D eigenvalue weighted by Gasteiger charge is 2.12. The zero-order valence-electron chi connectivity index (χ0n) is 10.5. The van der Waals surface area contributed by atoms with Gasteiger partial charge in [-0.15, -0.1) is 11.6 Å². The first-order chi connectivity index (χ1) is 8.09. The van der Waals surface area contributed by atoms with Crippen molar-refractivity contribution in [2.75, 3.05) is 0 Å². The average Bonchev–Trinajstić information content (AvgIpc) is 2.32. The summed E-state index contributed by atoms with van der Waals surface area (Å²) in [6.07, 6.45) is 0.